The summed E-state index contributed by atoms with van der Waals surface area (Å²) in [5.41, 5.74) is 0. The second kappa shape index (κ2) is 11.8. The zero-order valence-electron chi connectivity index (χ0n) is 16.5. The van der Waals surface area contributed by atoms with Gasteiger partial charge >= 0.3 is 0 Å². The molecule has 28 heavy (non-hydrogen) atoms. The number of hydrogen-bond donors (Lipinski definition) is 2. The van der Waals surface area contributed by atoms with E-state index in [4.69, 9.17) is 4.74 Å². The summed E-state index contributed by atoms with van der Waals surface area (Å²) in [7, 11) is 0. The molecular formula is C20H32FIN4O2. The first kappa shape index (κ1) is 23.2. The average molecular weight is 506 g/mol. The number of ether oxygens (including phenoxy) is 1. The number of benzene rings is 1. The van der Waals surface area contributed by atoms with E-state index in [1.165, 1.54) is 44.5 Å². The number of guanidine groups is 1. The summed E-state index contributed by atoms with van der Waals surface area (Å²) < 4.78 is 18.4. The molecule has 2 unspecified atom stereocenters. The third-order valence-corrected chi connectivity index (χ3v) is 5.16. The van der Waals surface area contributed by atoms with Crippen molar-refractivity contribution in [3.63, 3.8) is 0 Å². The second-order valence-electron chi connectivity index (χ2n) is 7.24. The Hall–Kier alpha value is -1.13. The van der Waals surface area contributed by atoms with E-state index in [1.807, 2.05) is 0 Å². The van der Waals surface area contributed by atoms with Crippen molar-refractivity contribution >= 4 is 29.9 Å². The smallest absolute Gasteiger partial charge is 0.194 e. The molecule has 8 heteroatoms. The van der Waals surface area contributed by atoms with Crippen LogP contribution in [0.15, 0.2) is 29.3 Å². The molecule has 158 valence electrons. The molecule has 2 fully saturated rings. The lowest BCUT2D eigenvalue weighted by atomic mass is 10.2. The standard InChI is InChI=1S/C20H31FN4O2.HI/c1-2-22-20(25-12-9-17(14-25)24-10-3-4-11-24)23-13-18(26)15-27-19-7-5-16(21)6-8-19;/h5-8,17-18,26H,2-4,9-15H2,1H3,(H,22,23);1H. The monoisotopic (exact) mass is 506 g/mol. The van der Waals surface area contributed by atoms with Gasteiger partial charge in [-0.2, -0.15) is 0 Å². The van der Waals surface area contributed by atoms with Gasteiger partial charge in [0.15, 0.2) is 5.96 Å². The Balaban J connectivity index is 0.00000280. The van der Waals surface area contributed by atoms with E-state index < -0.39 is 6.10 Å². The molecule has 0 aromatic heterocycles. The fraction of sp³-hybridized carbons (Fsp3) is 0.650. The van der Waals surface area contributed by atoms with E-state index in [1.54, 1.807) is 12.1 Å². The number of likely N-dealkylation sites (tertiary alicyclic amines) is 2. The maximum Gasteiger partial charge on any atom is 0.194 e. The lowest BCUT2D eigenvalue weighted by molar-refractivity contribution is 0.114. The number of aliphatic hydroxyl groups is 1. The summed E-state index contributed by atoms with van der Waals surface area (Å²) in [6.07, 6.45) is 3.08. The van der Waals surface area contributed by atoms with Gasteiger partial charge in [-0.1, -0.05) is 0 Å². The van der Waals surface area contributed by atoms with E-state index in [0.717, 1.165) is 25.6 Å². The van der Waals surface area contributed by atoms with Crippen LogP contribution >= 0.6 is 24.0 Å². The molecule has 0 spiro atoms. The van der Waals surface area contributed by atoms with Crippen LogP contribution < -0.4 is 10.1 Å². The van der Waals surface area contributed by atoms with Crippen LogP contribution in [0, 0.1) is 5.82 Å². The van der Waals surface area contributed by atoms with E-state index in [2.05, 4.69) is 27.0 Å². The number of nitrogens with zero attached hydrogens (tertiary/aromatic N) is 3. The minimum absolute atomic E-state index is 0. The van der Waals surface area contributed by atoms with E-state index in [-0.39, 0.29) is 42.9 Å². The first-order valence-corrected chi connectivity index (χ1v) is 9.99. The van der Waals surface area contributed by atoms with Gasteiger partial charge in [0.1, 0.15) is 24.3 Å². The molecule has 2 aliphatic heterocycles. The molecule has 2 atom stereocenters. The molecule has 0 aliphatic carbocycles. The maximum atomic E-state index is 12.9. The van der Waals surface area contributed by atoms with Gasteiger partial charge in [0, 0.05) is 25.7 Å². The zero-order chi connectivity index (χ0) is 19.1. The van der Waals surface area contributed by atoms with E-state index in [9.17, 15) is 9.50 Å². The van der Waals surface area contributed by atoms with Crippen LogP contribution in [0.1, 0.15) is 26.2 Å². The first-order chi connectivity index (χ1) is 13.2. The molecule has 6 nitrogen and oxygen atoms in total. The normalized spacial score (nSPS) is 21.5. The molecule has 0 saturated carbocycles. The number of halogens is 2. The fourth-order valence-electron chi connectivity index (χ4n) is 3.73. The van der Waals surface area contributed by atoms with Crippen molar-refractivity contribution in [3.8, 4) is 5.75 Å². The van der Waals surface area contributed by atoms with E-state index >= 15 is 0 Å². The Morgan fingerprint density at radius 1 is 1.29 bits per heavy atom. The van der Waals surface area contributed by atoms with Crippen molar-refractivity contribution in [3.05, 3.63) is 30.1 Å². The highest BCUT2D eigenvalue weighted by atomic mass is 127. The van der Waals surface area contributed by atoms with Gasteiger partial charge in [-0.05, 0) is 63.5 Å². The average Bonchev–Trinajstić information content (AvgIpc) is 3.36. The van der Waals surface area contributed by atoms with Crippen LogP contribution in [0.4, 0.5) is 4.39 Å². The van der Waals surface area contributed by atoms with E-state index in [0.29, 0.717) is 11.8 Å². The Kier molecular flexibility index (Phi) is 9.73. The summed E-state index contributed by atoms with van der Waals surface area (Å²) in [6.45, 7) is 7.67. The van der Waals surface area contributed by atoms with Gasteiger partial charge < -0.3 is 20.1 Å². The van der Waals surface area contributed by atoms with Crippen molar-refractivity contribution < 1.29 is 14.2 Å². The lowest BCUT2D eigenvalue weighted by Gasteiger charge is -2.25. The molecule has 2 aliphatic rings. The third-order valence-electron chi connectivity index (χ3n) is 5.16. The number of aliphatic imine (C=N–C) groups is 1. The molecule has 3 rings (SSSR count). The van der Waals surface area contributed by atoms with Crippen molar-refractivity contribution in [1.82, 2.24) is 15.1 Å². The van der Waals surface area contributed by atoms with Gasteiger partial charge in [0.25, 0.3) is 0 Å². The summed E-state index contributed by atoms with van der Waals surface area (Å²) >= 11 is 0. The van der Waals surface area contributed by atoms with Crippen molar-refractivity contribution in [1.29, 1.82) is 0 Å². The zero-order valence-corrected chi connectivity index (χ0v) is 18.8. The molecule has 2 N–H and O–H groups in total. The van der Waals surface area contributed by atoms with Crippen molar-refractivity contribution in [2.24, 2.45) is 4.99 Å². The topological polar surface area (TPSA) is 60.3 Å². The first-order valence-electron chi connectivity index (χ1n) is 9.99. The summed E-state index contributed by atoms with van der Waals surface area (Å²) in [4.78, 5) is 9.49. The van der Waals surface area contributed by atoms with Crippen molar-refractivity contribution in [2.75, 3.05) is 45.9 Å². The largest absolute Gasteiger partial charge is 0.491 e. The molecule has 0 amide bonds. The van der Waals surface area contributed by atoms with Gasteiger partial charge in [0.2, 0.25) is 0 Å². The maximum absolute atomic E-state index is 12.9. The van der Waals surface area contributed by atoms with Crippen LogP contribution in [-0.2, 0) is 0 Å². The number of nitrogens with one attached hydrogen (secondary N) is 1. The summed E-state index contributed by atoms with van der Waals surface area (Å²) in [5.74, 6) is 1.10. The van der Waals surface area contributed by atoms with Crippen LogP contribution in [0.5, 0.6) is 5.75 Å². The van der Waals surface area contributed by atoms with Crippen LogP contribution in [0.2, 0.25) is 0 Å². The van der Waals surface area contributed by atoms with Gasteiger partial charge in [-0.25, -0.2) is 4.39 Å². The van der Waals surface area contributed by atoms with Crippen LogP contribution in [-0.4, -0.2) is 78.9 Å². The highest BCUT2D eigenvalue weighted by Crippen LogP contribution is 2.20. The minimum Gasteiger partial charge on any atom is -0.491 e. The molecule has 2 heterocycles. The Morgan fingerprint density at radius 2 is 2.00 bits per heavy atom. The molecule has 2 saturated heterocycles. The molecule has 1 aromatic rings. The predicted octanol–water partition coefficient (Wildman–Crippen LogP) is 2.32. The molecule has 0 bridgehead atoms. The number of hydrogen-bond acceptors (Lipinski definition) is 4. The molecule has 1 aromatic carbocycles. The highest BCUT2D eigenvalue weighted by molar-refractivity contribution is 14.0. The highest BCUT2D eigenvalue weighted by Gasteiger charge is 2.30. The molecular weight excluding hydrogens is 474 g/mol. The Bertz CT molecular complexity index is 611. The SMILES string of the molecule is CCNC(=NCC(O)COc1ccc(F)cc1)N1CCC(N2CCCC2)C1.I. The number of rotatable bonds is 7. The van der Waals surface area contributed by atoms with Crippen LogP contribution in [0.3, 0.4) is 0 Å². The second-order valence-corrected chi connectivity index (χ2v) is 7.24. The van der Waals surface area contributed by atoms with Crippen LogP contribution in [0.25, 0.3) is 0 Å². The lowest BCUT2D eigenvalue weighted by Crippen LogP contribution is -2.43. The van der Waals surface area contributed by atoms with Gasteiger partial charge in [-0.15, -0.1) is 24.0 Å². The summed E-state index contributed by atoms with van der Waals surface area (Å²) in [6, 6.07) is 6.40. The minimum atomic E-state index is -0.708. The van der Waals surface area contributed by atoms with Crippen molar-refractivity contribution in [2.45, 2.75) is 38.3 Å². The Labute approximate surface area is 184 Å². The summed E-state index contributed by atoms with van der Waals surface area (Å²) in [5, 5.41) is 13.5. The van der Waals surface area contributed by atoms with Gasteiger partial charge in [0.05, 0.1) is 6.54 Å². The predicted molar refractivity (Wildman–Crippen MR) is 120 cm³/mol. The Morgan fingerprint density at radius 3 is 2.68 bits per heavy atom. The number of aliphatic hydroxyl groups excluding tert-OH is 1. The van der Waals surface area contributed by atoms with Gasteiger partial charge in [-0.3, -0.25) is 9.89 Å². The quantitative estimate of drug-likeness (QED) is 0.338. The fourth-order valence-corrected chi connectivity index (χ4v) is 3.73. The third kappa shape index (κ3) is 6.73. The molecule has 0 radical (unpaired) electrons.